The fourth-order valence-corrected chi connectivity index (χ4v) is 1.95. The van der Waals surface area contributed by atoms with Gasteiger partial charge < -0.3 is 9.84 Å². The van der Waals surface area contributed by atoms with E-state index in [-0.39, 0.29) is 12.7 Å². The zero-order chi connectivity index (χ0) is 14.5. The number of allylic oxidation sites excluding steroid dienone is 8. The van der Waals surface area contributed by atoms with Gasteiger partial charge in [0.25, 0.3) is 0 Å². The molecule has 0 bridgehead atoms. The summed E-state index contributed by atoms with van der Waals surface area (Å²) in [5.74, 6) is 0. The van der Waals surface area contributed by atoms with Gasteiger partial charge in [-0.15, -0.1) is 0 Å². The maximum atomic E-state index is 8.82. The molecule has 2 nitrogen and oxygen atoms in total. The molecule has 1 rings (SSSR count). The maximum absolute atomic E-state index is 8.82. The number of hydrogen-bond acceptors (Lipinski definition) is 2. The smallest absolute Gasteiger partial charge is 0.107 e. The zero-order valence-corrected chi connectivity index (χ0v) is 12.6. The molecule has 0 saturated carbocycles. The molecule has 0 radical (unpaired) electrons. The maximum Gasteiger partial charge on any atom is 0.107 e. The Kier molecular flexibility index (Phi) is 9.89. The van der Waals surface area contributed by atoms with Gasteiger partial charge >= 0.3 is 0 Å². The molecule has 1 saturated heterocycles. The highest BCUT2D eigenvalue weighted by Gasteiger charge is 2.36. The van der Waals surface area contributed by atoms with Crippen molar-refractivity contribution in [3.05, 3.63) is 48.6 Å². The first-order chi connectivity index (χ1) is 9.88. The van der Waals surface area contributed by atoms with Crippen LogP contribution in [-0.2, 0) is 4.74 Å². The molecule has 1 N–H and O–H groups in total. The summed E-state index contributed by atoms with van der Waals surface area (Å²) in [6, 6.07) is 0. The zero-order valence-electron chi connectivity index (χ0n) is 12.6. The van der Waals surface area contributed by atoms with Crippen molar-refractivity contribution in [2.24, 2.45) is 0 Å². The lowest BCUT2D eigenvalue weighted by molar-refractivity contribution is 0.241. The van der Waals surface area contributed by atoms with E-state index in [1.165, 1.54) is 0 Å². The summed E-state index contributed by atoms with van der Waals surface area (Å²) in [5.41, 5.74) is 0. The fourth-order valence-electron chi connectivity index (χ4n) is 1.95. The van der Waals surface area contributed by atoms with E-state index in [4.69, 9.17) is 9.84 Å². The van der Waals surface area contributed by atoms with Crippen LogP contribution in [0.5, 0.6) is 0 Å². The monoisotopic (exact) mass is 276 g/mol. The van der Waals surface area contributed by atoms with Crippen molar-refractivity contribution < 1.29 is 9.84 Å². The van der Waals surface area contributed by atoms with E-state index in [0.29, 0.717) is 6.10 Å². The van der Waals surface area contributed by atoms with E-state index in [2.05, 4.69) is 55.5 Å². The summed E-state index contributed by atoms with van der Waals surface area (Å²) >= 11 is 0. The van der Waals surface area contributed by atoms with Crippen molar-refractivity contribution in [3.8, 4) is 0 Å². The van der Waals surface area contributed by atoms with Crippen LogP contribution in [0.4, 0.5) is 0 Å². The number of aliphatic hydroxyl groups is 1. The van der Waals surface area contributed by atoms with Gasteiger partial charge in [0.2, 0.25) is 0 Å². The van der Waals surface area contributed by atoms with E-state index in [1.54, 1.807) is 0 Å². The topological polar surface area (TPSA) is 32.8 Å². The molecule has 2 unspecified atom stereocenters. The van der Waals surface area contributed by atoms with Crippen molar-refractivity contribution in [2.45, 2.75) is 57.7 Å². The highest BCUT2D eigenvalue weighted by molar-refractivity contribution is 4.99. The minimum atomic E-state index is 0.113. The van der Waals surface area contributed by atoms with Crippen LogP contribution in [0.15, 0.2) is 48.6 Å². The molecule has 2 heteroatoms. The molecular weight excluding hydrogens is 248 g/mol. The van der Waals surface area contributed by atoms with Crippen molar-refractivity contribution >= 4 is 0 Å². The second-order valence-corrected chi connectivity index (χ2v) is 4.97. The Bertz CT molecular complexity index is 339. The molecule has 0 amide bonds. The number of rotatable bonds is 11. The van der Waals surface area contributed by atoms with E-state index >= 15 is 0 Å². The third kappa shape index (κ3) is 8.89. The molecule has 0 aliphatic carbocycles. The number of aliphatic hydroxyl groups excluding tert-OH is 1. The van der Waals surface area contributed by atoms with Crippen LogP contribution in [0.3, 0.4) is 0 Å². The van der Waals surface area contributed by atoms with Crippen LogP contribution in [0.2, 0.25) is 0 Å². The fraction of sp³-hybridized carbons (Fsp3) is 0.556. The Balaban J connectivity index is 1.90. The van der Waals surface area contributed by atoms with Gasteiger partial charge in [0.1, 0.15) is 6.10 Å². The van der Waals surface area contributed by atoms with Crippen molar-refractivity contribution in [2.75, 3.05) is 6.61 Å². The van der Waals surface area contributed by atoms with Crippen LogP contribution < -0.4 is 0 Å². The Labute approximate surface area is 123 Å². The second kappa shape index (κ2) is 11.7. The summed E-state index contributed by atoms with van der Waals surface area (Å²) in [6.07, 6.45) is 24.3. The molecular formula is C18H28O2. The molecule has 1 fully saturated rings. The molecule has 112 valence electrons. The molecule has 2 atom stereocenters. The molecule has 0 spiro atoms. The van der Waals surface area contributed by atoms with E-state index in [0.717, 1.165) is 38.5 Å². The Morgan fingerprint density at radius 2 is 1.35 bits per heavy atom. The quantitative estimate of drug-likeness (QED) is 0.450. The van der Waals surface area contributed by atoms with Gasteiger partial charge in [0.05, 0.1) is 12.7 Å². The predicted octanol–water partition coefficient (Wildman–Crippen LogP) is 4.33. The average Bonchev–Trinajstić information content (AvgIpc) is 3.22. The molecule has 0 aromatic carbocycles. The SMILES string of the molecule is CC/C=C\C/C=C\C/C=C\C/C=C\CCC1OC1CO. The normalized spacial score (nSPS) is 22.9. The van der Waals surface area contributed by atoms with Crippen LogP contribution in [0.1, 0.15) is 45.4 Å². The Morgan fingerprint density at radius 1 is 0.800 bits per heavy atom. The van der Waals surface area contributed by atoms with Gasteiger partial charge in [-0.1, -0.05) is 55.5 Å². The number of hydrogen-bond donors (Lipinski definition) is 1. The van der Waals surface area contributed by atoms with Crippen LogP contribution in [0, 0.1) is 0 Å². The molecule has 1 aliphatic rings. The second-order valence-electron chi connectivity index (χ2n) is 4.97. The number of epoxide rings is 1. The minimum Gasteiger partial charge on any atom is -0.394 e. The molecule has 1 aliphatic heterocycles. The largest absolute Gasteiger partial charge is 0.394 e. The van der Waals surface area contributed by atoms with Gasteiger partial charge in [0.15, 0.2) is 0 Å². The third-order valence-corrected chi connectivity index (χ3v) is 3.20. The summed E-state index contributed by atoms with van der Waals surface area (Å²) in [6.45, 7) is 2.32. The van der Waals surface area contributed by atoms with Crippen LogP contribution >= 0.6 is 0 Å². The predicted molar refractivity (Wildman–Crippen MR) is 85.7 cm³/mol. The first-order valence-corrected chi connectivity index (χ1v) is 7.74. The summed E-state index contributed by atoms with van der Waals surface area (Å²) < 4.78 is 5.26. The van der Waals surface area contributed by atoms with Gasteiger partial charge in [0, 0.05) is 0 Å². The Morgan fingerprint density at radius 3 is 1.85 bits per heavy atom. The number of ether oxygens (including phenoxy) is 1. The van der Waals surface area contributed by atoms with Crippen LogP contribution in [0.25, 0.3) is 0 Å². The highest BCUT2D eigenvalue weighted by atomic mass is 16.6. The lowest BCUT2D eigenvalue weighted by Crippen LogP contribution is -1.97. The molecule has 0 aromatic heterocycles. The first kappa shape index (κ1) is 16.9. The lowest BCUT2D eigenvalue weighted by atomic mass is 10.2. The standard InChI is InChI=1S/C18H28O2/c1-2-3-4-5-6-7-8-9-10-11-12-13-14-15-17-18(16-19)20-17/h3-4,6-7,9-10,12-13,17-19H,2,5,8,11,14-16H2,1H3/b4-3-,7-6-,10-9-,13-12-. The Hall–Kier alpha value is -1.12. The third-order valence-electron chi connectivity index (χ3n) is 3.20. The summed E-state index contributed by atoms with van der Waals surface area (Å²) in [5, 5.41) is 8.82. The van der Waals surface area contributed by atoms with E-state index < -0.39 is 0 Å². The minimum absolute atomic E-state index is 0.113. The van der Waals surface area contributed by atoms with Crippen molar-refractivity contribution in [3.63, 3.8) is 0 Å². The van der Waals surface area contributed by atoms with Gasteiger partial charge in [-0.25, -0.2) is 0 Å². The first-order valence-electron chi connectivity index (χ1n) is 7.74. The van der Waals surface area contributed by atoms with Crippen LogP contribution in [-0.4, -0.2) is 23.9 Å². The van der Waals surface area contributed by atoms with Gasteiger partial charge in [-0.2, -0.15) is 0 Å². The van der Waals surface area contributed by atoms with Crippen molar-refractivity contribution in [1.29, 1.82) is 0 Å². The molecule has 20 heavy (non-hydrogen) atoms. The molecule has 1 heterocycles. The highest BCUT2D eigenvalue weighted by Crippen LogP contribution is 2.25. The van der Waals surface area contributed by atoms with Gasteiger partial charge in [-0.05, 0) is 38.5 Å². The van der Waals surface area contributed by atoms with Crippen molar-refractivity contribution in [1.82, 2.24) is 0 Å². The average molecular weight is 276 g/mol. The summed E-state index contributed by atoms with van der Waals surface area (Å²) in [7, 11) is 0. The summed E-state index contributed by atoms with van der Waals surface area (Å²) in [4.78, 5) is 0. The van der Waals surface area contributed by atoms with E-state index in [9.17, 15) is 0 Å². The van der Waals surface area contributed by atoms with E-state index in [1.807, 2.05) is 0 Å². The lowest BCUT2D eigenvalue weighted by Gasteiger charge is -1.89. The molecule has 0 aromatic rings. The van der Waals surface area contributed by atoms with Gasteiger partial charge in [-0.3, -0.25) is 0 Å².